The van der Waals surface area contributed by atoms with Gasteiger partial charge in [-0.15, -0.1) is 0 Å². The Balaban J connectivity index is 1.47. The number of sulfonamides is 1. The number of benzene rings is 2. The molecule has 3 rings (SSSR count). The molecule has 0 aromatic heterocycles. The molecule has 30 heavy (non-hydrogen) atoms. The fourth-order valence-electron chi connectivity index (χ4n) is 3.27. The van der Waals surface area contributed by atoms with E-state index >= 15 is 0 Å². The van der Waals surface area contributed by atoms with E-state index in [9.17, 15) is 13.2 Å². The van der Waals surface area contributed by atoms with Crippen molar-refractivity contribution in [2.75, 3.05) is 44.6 Å². The van der Waals surface area contributed by atoms with Gasteiger partial charge in [0.15, 0.2) is 0 Å². The third-order valence-electron chi connectivity index (χ3n) is 4.87. The first-order chi connectivity index (χ1) is 14.4. The van der Waals surface area contributed by atoms with Crippen LogP contribution in [0.2, 0.25) is 5.02 Å². The van der Waals surface area contributed by atoms with Crippen LogP contribution in [0.5, 0.6) is 5.75 Å². The van der Waals surface area contributed by atoms with Gasteiger partial charge in [0.25, 0.3) is 0 Å². The normalized spacial score (nSPS) is 15.7. The molecule has 0 unspecified atom stereocenters. The lowest BCUT2D eigenvalue weighted by Crippen LogP contribution is -2.49. The zero-order chi connectivity index (χ0) is 21.6. The van der Waals surface area contributed by atoms with Crippen molar-refractivity contribution in [3.63, 3.8) is 0 Å². The number of anilines is 1. The Labute approximate surface area is 182 Å². The number of hydrogen-bond acceptors (Lipinski definition) is 5. The number of nitrogens with zero attached hydrogens (tertiary/aromatic N) is 2. The molecule has 0 aliphatic carbocycles. The number of carbonyl (C=O) groups excluding carboxylic acids is 1. The second kappa shape index (κ2) is 10.3. The summed E-state index contributed by atoms with van der Waals surface area (Å²) in [6, 6.07) is 13.5. The quantitative estimate of drug-likeness (QED) is 0.667. The summed E-state index contributed by atoms with van der Waals surface area (Å²) in [6.45, 7) is 4.94. The van der Waals surface area contributed by atoms with Crippen LogP contribution >= 0.6 is 11.6 Å². The fourth-order valence-corrected chi connectivity index (χ4v) is 4.88. The highest BCUT2D eigenvalue weighted by Gasteiger charge is 2.28. The Morgan fingerprint density at radius 1 is 1.10 bits per heavy atom. The molecular weight excluding hydrogens is 426 g/mol. The first kappa shape index (κ1) is 22.6. The molecule has 1 aliphatic heterocycles. The monoisotopic (exact) mass is 451 g/mol. The highest BCUT2D eigenvalue weighted by Crippen LogP contribution is 2.21. The van der Waals surface area contributed by atoms with Crippen molar-refractivity contribution in [1.82, 2.24) is 9.21 Å². The molecule has 2 aromatic carbocycles. The van der Waals surface area contributed by atoms with Gasteiger partial charge >= 0.3 is 0 Å². The molecule has 1 saturated heterocycles. The minimum atomic E-state index is -3.53. The number of nitrogens with one attached hydrogen (secondary N) is 1. The smallest absolute Gasteiger partial charge is 0.243 e. The lowest BCUT2D eigenvalue weighted by atomic mass is 10.3. The first-order valence-electron chi connectivity index (χ1n) is 9.89. The largest absolute Gasteiger partial charge is 0.494 e. The molecule has 1 heterocycles. The van der Waals surface area contributed by atoms with Crippen LogP contribution in [0, 0.1) is 0 Å². The summed E-state index contributed by atoms with van der Waals surface area (Å²) < 4.78 is 32.6. The van der Waals surface area contributed by atoms with Gasteiger partial charge in [-0.25, -0.2) is 8.42 Å². The molecule has 1 fully saturated rings. The Morgan fingerprint density at radius 2 is 1.80 bits per heavy atom. The molecule has 0 bridgehead atoms. The maximum atomic E-state index is 12.9. The second-order valence-corrected chi connectivity index (χ2v) is 9.33. The van der Waals surface area contributed by atoms with Crippen molar-refractivity contribution in [3.05, 3.63) is 53.6 Å². The highest BCUT2D eigenvalue weighted by atomic mass is 35.5. The van der Waals surface area contributed by atoms with E-state index in [1.165, 1.54) is 4.31 Å². The number of carbonyl (C=O) groups is 1. The van der Waals surface area contributed by atoms with Gasteiger partial charge in [0.1, 0.15) is 5.75 Å². The molecule has 9 heteroatoms. The van der Waals surface area contributed by atoms with Gasteiger partial charge in [-0.2, -0.15) is 4.31 Å². The molecule has 0 radical (unpaired) electrons. The zero-order valence-electron chi connectivity index (χ0n) is 16.9. The van der Waals surface area contributed by atoms with Crippen LogP contribution in [0.25, 0.3) is 0 Å². The minimum absolute atomic E-state index is 0.0956. The molecule has 7 nitrogen and oxygen atoms in total. The lowest BCUT2D eigenvalue weighted by molar-refractivity contribution is -0.116. The first-order valence-corrected chi connectivity index (χ1v) is 11.7. The maximum absolute atomic E-state index is 12.9. The van der Waals surface area contributed by atoms with Gasteiger partial charge < -0.3 is 15.0 Å². The van der Waals surface area contributed by atoms with Gasteiger partial charge in [-0.1, -0.05) is 17.7 Å². The third-order valence-corrected chi connectivity index (χ3v) is 7.02. The Morgan fingerprint density at radius 3 is 2.43 bits per heavy atom. The summed E-state index contributed by atoms with van der Waals surface area (Å²) in [7, 11) is -3.53. The van der Waals surface area contributed by atoms with Gasteiger partial charge in [-0.3, -0.25) is 4.79 Å². The van der Waals surface area contributed by atoms with E-state index in [1.807, 2.05) is 6.92 Å². The number of hydrogen-bond donors (Lipinski definition) is 1. The van der Waals surface area contributed by atoms with Crippen LogP contribution in [0.4, 0.5) is 5.69 Å². The standard InChI is InChI=1S/C21H26ClN3O4S/c1-2-29-19-6-8-20(9-7-19)30(27,28)25-14-12-24(13-15-25)11-10-21(26)23-18-5-3-4-17(22)16-18/h3-9,16H,2,10-15H2,1H3,(H,23,26). The van der Waals surface area contributed by atoms with E-state index in [4.69, 9.17) is 16.3 Å². The average molecular weight is 452 g/mol. The van der Waals surface area contributed by atoms with E-state index in [0.717, 1.165) is 0 Å². The summed E-state index contributed by atoms with van der Waals surface area (Å²) in [5, 5.41) is 3.39. The van der Waals surface area contributed by atoms with Crippen LogP contribution in [0.15, 0.2) is 53.4 Å². The van der Waals surface area contributed by atoms with Crippen molar-refractivity contribution in [2.24, 2.45) is 0 Å². The van der Waals surface area contributed by atoms with Gasteiger partial charge in [-0.05, 0) is 49.4 Å². The van der Waals surface area contributed by atoms with E-state index < -0.39 is 10.0 Å². The van der Waals surface area contributed by atoms with Gasteiger partial charge in [0.2, 0.25) is 15.9 Å². The Hall–Kier alpha value is -2.13. The molecule has 162 valence electrons. The zero-order valence-corrected chi connectivity index (χ0v) is 18.5. The topological polar surface area (TPSA) is 79.0 Å². The average Bonchev–Trinajstić information content (AvgIpc) is 2.73. The minimum Gasteiger partial charge on any atom is -0.494 e. The van der Waals surface area contributed by atoms with Crippen LogP contribution in [0.1, 0.15) is 13.3 Å². The van der Waals surface area contributed by atoms with E-state index in [2.05, 4.69) is 10.2 Å². The molecule has 1 amide bonds. The van der Waals surface area contributed by atoms with Crippen molar-refractivity contribution < 1.29 is 17.9 Å². The molecule has 1 aliphatic rings. The summed E-state index contributed by atoms with van der Waals surface area (Å²) in [6.07, 6.45) is 0.332. The van der Waals surface area contributed by atoms with Crippen molar-refractivity contribution in [2.45, 2.75) is 18.2 Å². The number of piperazine rings is 1. The number of ether oxygens (including phenoxy) is 1. The molecule has 0 spiro atoms. The van der Waals surface area contributed by atoms with Crippen LogP contribution in [-0.4, -0.2) is 62.9 Å². The molecular formula is C21H26ClN3O4S. The summed E-state index contributed by atoms with van der Waals surface area (Å²) in [4.78, 5) is 14.5. The van der Waals surface area contributed by atoms with E-state index in [-0.39, 0.29) is 10.8 Å². The molecule has 1 N–H and O–H groups in total. The van der Waals surface area contributed by atoms with Crippen molar-refractivity contribution >= 4 is 33.2 Å². The second-order valence-electron chi connectivity index (χ2n) is 6.96. The van der Waals surface area contributed by atoms with E-state index in [0.29, 0.717) is 62.2 Å². The van der Waals surface area contributed by atoms with Crippen molar-refractivity contribution in [1.29, 1.82) is 0 Å². The predicted octanol–water partition coefficient (Wildman–Crippen LogP) is 3.07. The van der Waals surface area contributed by atoms with E-state index in [1.54, 1.807) is 48.5 Å². The van der Waals surface area contributed by atoms with Crippen LogP contribution in [0.3, 0.4) is 0 Å². The lowest BCUT2D eigenvalue weighted by Gasteiger charge is -2.33. The number of amides is 1. The summed E-state index contributed by atoms with van der Waals surface area (Å²) >= 11 is 5.92. The fraction of sp³-hybridized carbons (Fsp3) is 0.381. The summed E-state index contributed by atoms with van der Waals surface area (Å²) in [5.41, 5.74) is 0.666. The van der Waals surface area contributed by atoms with Crippen molar-refractivity contribution in [3.8, 4) is 5.75 Å². The maximum Gasteiger partial charge on any atom is 0.243 e. The third kappa shape index (κ3) is 5.95. The molecule has 2 aromatic rings. The number of halogens is 1. The SMILES string of the molecule is CCOc1ccc(S(=O)(=O)N2CCN(CCC(=O)Nc3cccc(Cl)c3)CC2)cc1. The highest BCUT2D eigenvalue weighted by molar-refractivity contribution is 7.89. The van der Waals surface area contributed by atoms with Crippen LogP contribution in [-0.2, 0) is 14.8 Å². The Bertz CT molecular complexity index is 958. The predicted molar refractivity (Wildman–Crippen MR) is 118 cm³/mol. The Kier molecular flexibility index (Phi) is 7.71. The molecule has 0 saturated carbocycles. The van der Waals surface area contributed by atoms with Gasteiger partial charge in [0.05, 0.1) is 11.5 Å². The summed E-state index contributed by atoms with van der Waals surface area (Å²) in [5.74, 6) is 0.555. The van der Waals surface area contributed by atoms with Crippen LogP contribution < -0.4 is 10.1 Å². The number of rotatable bonds is 8. The molecule has 0 atom stereocenters. The van der Waals surface area contributed by atoms with Gasteiger partial charge in [0, 0.05) is 49.9 Å².